The van der Waals surface area contributed by atoms with Gasteiger partial charge in [0.1, 0.15) is 0 Å². The number of carboxylic acids is 1. The monoisotopic (exact) mass is 360 g/mol. The Hall–Kier alpha value is -1.27. The molecule has 2 N–H and O–H groups in total. The molecule has 2 rings (SSSR count). The zero-order valence-corrected chi connectivity index (χ0v) is 12.9. The molecule has 1 heterocycles. The maximum absolute atomic E-state index is 12.1. The first-order chi connectivity index (χ1) is 9.45. The second-order valence-corrected chi connectivity index (χ2v) is 6.04. The highest BCUT2D eigenvalue weighted by molar-refractivity contribution is 9.10. The molecule has 0 unspecified atom stereocenters. The largest absolute Gasteiger partial charge is 0.481 e. The minimum atomic E-state index is -0.788. The highest BCUT2D eigenvalue weighted by Crippen LogP contribution is 2.24. The molecule has 0 saturated carbocycles. The quantitative estimate of drug-likeness (QED) is 0.848. The lowest BCUT2D eigenvalue weighted by molar-refractivity contribution is -0.143. The van der Waals surface area contributed by atoms with Crippen LogP contribution in [0.15, 0.2) is 22.7 Å². The molecule has 0 aromatic heterocycles. The van der Waals surface area contributed by atoms with Gasteiger partial charge in [0.25, 0.3) is 0 Å². The van der Waals surface area contributed by atoms with E-state index in [1.807, 2.05) is 0 Å². The Morgan fingerprint density at radius 1 is 1.30 bits per heavy atom. The summed E-state index contributed by atoms with van der Waals surface area (Å²) in [4.78, 5) is 24.6. The van der Waals surface area contributed by atoms with Gasteiger partial charge in [-0.1, -0.05) is 27.5 Å². The summed E-state index contributed by atoms with van der Waals surface area (Å²) in [5.74, 6) is -1.14. The van der Waals surface area contributed by atoms with Crippen LogP contribution in [0.5, 0.6) is 0 Å². The summed E-state index contributed by atoms with van der Waals surface area (Å²) in [6.45, 7) is 0.898. The Morgan fingerprint density at radius 2 is 1.95 bits per heavy atom. The van der Waals surface area contributed by atoms with Crippen LogP contribution < -0.4 is 5.32 Å². The van der Waals surface area contributed by atoms with Crippen molar-refractivity contribution in [2.45, 2.75) is 12.8 Å². The van der Waals surface area contributed by atoms with E-state index in [2.05, 4.69) is 21.2 Å². The molecular formula is C13H14BrClN2O3. The van der Waals surface area contributed by atoms with Crippen molar-refractivity contribution in [3.05, 3.63) is 27.7 Å². The second-order valence-electron chi connectivity index (χ2n) is 4.69. The third kappa shape index (κ3) is 3.86. The number of aliphatic carboxylic acids is 1. The Morgan fingerprint density at radius 3 is 2.50 bits per heavy atom. The lowest BCUT2D eigenvalue weighted by Crippen LogP contribution is -2.42. The number of hydrogen-bond acceptors (Lipinski definition) is 2. The van der Waals surface area contributed by atoms with Gasteiger partial charge in [0.05, 0.1) is 5.92 Å². The van der Waals surface area contributed by atoms with Crippen LogP contribution in [0.1, 0.15) is 12.8 Å². The van der Waals surface area contributed by atoms with E-state index in [0.717, 1.165) is 4.47 Å². The molecule has 1 saturated heterocycles. The van der Waals surface area contributed by atoms with Crippen LogP contribution in [-0.2, 0) is 4.79 Å². The molecule has 5 nitrogen and oxygen atoms in total. The molecule has 0 radical (unpaired) electrons. The van der Waals surface area contributed by atoms with Crippen molar-refractivity contribution in [3.63, 3.8) is 0 Å². The van der Waals surface area contributed by atoms with Crippen molar-refractivity contribution < 1.29 is 14.7 Å². The molecule has 0 bridgehead atoms. The first kappa shape index (κ1) is 15.1. The van der Waals surface area contributed by atoms with E-state index in [1.54, 1.807) is 23.1 Å². The van der Waals surface area contributed by atoms with E-state index in [0.29, 0.717) is 36.6 Å². The number of carbonyl (C=O) groups is 2. The smallest absolute Gasteiger partial charge is 0.321 e. The highest BCUT2D eigenvalue weighted by atomic mass is 79.9. The fourth-order valence-electron chi connectivity index (χ4n) is 2.16. The summed E-state index contributed by atoms with van der Waals surface area (Å²) in [6.07, 6.45) is 0.976. The van der Waals surface area contributed by atoms with E-state index < -0.39 is 5.97 Å². The molecule has 20 heavy (non-hydrogen) atoms. The molecule has 1 aliphatic heterocycles. The van der Waals surface area contributed by atoms with Crippen LogP contribution in [0.25, 0.3) is 0 Å². The van der Waals surface area contributed by atoms with Crippen molar-refractivity contribution in [1.29, 1.82) is 0 Å². The average Bonchev–Trinajstić information content (AvgIpc) is 2.37. The predicted molar refractivity (Wildman–Crippen MR) is 80.1 cm³/mol. The summed E-state index contributed by atoms with van der Waals surface area (Å²) in [5, 5.41) is 12.2. The first-order valence-corrected chi connectivity index (χ1v) is 7.37. The number of urea groups is 1. The fourth-order valence-corrected chi connectivity index (χ4v) is 3.02. The Bertz CT molecular complexity index is 510. The third-order valence-electron chi connectivity index (χ3n) is 3.25. The van der Waals surface area contributed by atoms with Gasteiger partial charge in [-0.15, -0.1) is 0 Å². The van der Waals surface area contributed by atoms with E-state index in [-0.39, 0.29) is 11.9 Å². The Balaban J connectivity index is 1.94. The maximum Gasteiger partial charge on any atom is 0.321 e. The number of nitrogens with zero attached hydrogens (tertiary/aromatic N) is 1. The zero-order valence-electron chi connectivity index (χ0n) is 10.6. The number of amides is 2. The zero-order chi connectivity index (χ0) is 14.7. The van der Waals surface area contributed by atoms with Gasteiger partial charge in [0, 0.05) is 28.3 Å². The number of benzene rings is 1. The van der Waals surface area contributed by atoms with Crippen LogP contribution in [-0.4, -0.2) is 35.1 Å². The van der Waals surface area contributed by atoms with E-state index >= 15 is 0 Å². The van der Waals surface area contributed by atoms with E-state index in [9.17, 15) is 9.59 Å². The molecule has 1 aliphatic rings. The number of rotatable bonds is 2. The number of hydrogen-bond donors (Lipinski definition) is 2. The van der Waals surface area contributed by atoms with E-state index in [4.69, 9.17) is 16.7 Å². The molecule has 0 atom stereocenters. The minimum Gasteiger partial charge on any atom is -0.481 e. The molecule has 0 spiro atoms. The minimum absolute atomic E-state index is 0.233. The number of piperidine rings is 1. The first-order valence-electron chi connectivity index (χ1n) is 6.20. The van der Waals surface area contributed by atoms with E-state index in [1.165, 1.54) is 0 Å². The summed E-state index contributed by atoms with van der Waals surface area (Å²) in [6, 6.07) is 4.92. The van der Waals surface area contributed by atoms with Gasteiger partial charge in [-0.2, -0.15) is 0 Å². The van der Waals surface area contributed by atoms with Gasteiger partial charge >= 0.3 is 12.0 Å². The van der Waals surface area contributed by atoms with Gasteiger partial charge in [-0.3, -0.25) is 4.79 Å². The van der Waals surface area contributed by atoms with Crippen molar-refractivity contribution >= 4 is 45.2 Å². The van der Waals surface area contributed by atoms with Gasteiger partial charge in [0.2, 0.25) is 0 Å². The van der Waals surface area contributed by atoms with Crippen LogP contribution in [0, 0.1) is 5.92 Å². The second kappa shape index (κ2) is 6.45. The lowest BCUT2D eigenvalue weighted by atomic mass is 9.97. The van der Waals surface area contributed by atoms with Crippen molar-refractivity contribution in [2.24, 2.45) is 5.92 Å². The Kier molecular flexibility index (Phi) is 4.88. The topological polar surface area (TPSA) is 69.6 Å². The number of halogens is 2. The standard InChI is InChI=1S/C13H14BrClN2O3/c14-9-5-10(15)7-11(6-9)16-13(20)17-3-1-8(2-4-17)12(18)19/h5-8H,1-4H2,(H,16,20)(H,18,19). The number of anilines is 1. The van der Waals surface area contributed by atoms with Crippen LogP contribution in [0.2, 0.25) is 5.02 Å². The van der Waals surface area contributed by atoms with Crippen LogP contribution in [0.4, 0.5) is 10.5 Å². The van der Waals surface area contributed by atoms with Crippen LogP contribution in [0.3, 0.4) is 0 Å². The fraction of sp³-hybridized carbons (Fsp3) is 0.385. The molecule has 1 fully saturated rings. The number of likely N-dealkylation sites (tertiary alicyclic amines) is 1. The van der Waals surface area contributed by atoms with Gasteiger partial charge in [-0.25, -0.2) is 4.79 Å². The van der Waals surface area contributed by atoms with Crippen molar-refractivity contribution in [1.82, 2.24) is 4.90 Å². The van der Waals surface area contributed by atoms with Gasteiger partial charge in [-0.05, 0) is 31.0 Å². The highest BCUT2D eigenvalue weighted by Gasteiger charge is 2.26. The summed E-state index contributed by atoms with van der Waals surface area (Å²) < 4.78 is 0.782. The number of carbonyl (C=O) groups excluding carboxylic acids is 1. The van der Waals surface area contributed by atoms with Gasteiger partial charge < -0.3 is 15.3 Å². The average molecular weight is 362 g/mol. The molecule has 1 aromatic carbocycles. The Labute approximate surface area is 130 Å². The molecular weight excluding hydrogens is 348 g/mol. The lowest BCUT2D eigenvalue weighted by Gasteiger charge is -2.30. The number of carboxylic acid groups (broad SMARTS) is 1. The maximum atomic E-state index is 12.1. The molecule has 1 aromatic rings. The van der Waals surface area contributed by atoms with Crippen molar-refractivity contribution in [3.8, 4) is 0 Å². The third-order valence-corrected chi connectivity index (χ3v) is 3.92. The molecule has 2 amide bonds. The summed E-state index contributed by atoms with van der Waals surface area (Å²) >= 11 is 9.22. The molecule has 108 valence electrons. The van der Waals surface area contributed by atoms with Crippen LogP contribution >= 0.6 is 27.5 Å². The molecule has 0 aliphatic carbocycles. The predicted octanol–water partition coefficient (Wildman–Crippen LogP) is 3.43. The van der Waals surface area contributed by atoms with Crippen molar-refractivity contribution in [2.75, 3.05) is 18.4 Å². The van der Waals surface area contributed by atoms with Gasteiger partial charge in [0.15, 0.2) is 0 Å². The summed E-state index contributed by atoms with van der Waals surface area (Å²) in [7, 11) is 0. The summed E-state index contributed by atoms with van der Waals surface area (Å²) in [5.41, 5.74) is 0.606. The SMILES string of the molecule is O=C(O)C1CCN(C(=O)Nc2cc(Cl)cc(Br)c2)CC1. The molecule has 7 heteroatoms. The number of nitrogens with one attached hydrogen (secondary N) is 1. The normalized spacial score (nSPS) is 16.0.